The van der Waals surface area contributed by atoms with Crippen LogP contribution in [0.4, 0.5) is 0 Å². The van der Waals surface area contributed by atoms with Gasteiger partial charge in [0, 0.05) is 6.20 Å². The number of benzene rings is 2. The minimum atomic E-state index is -0.241. The minimum Gasteiger partial charge on any atom is -0.347 e. The molecule has 0 fully saturated rings. The van der Waals surface area contributed by atoms with Crippen molar-refractivity contribution < 1.29 is 9.59 Å². The summed E-state index contributed by atoms with van der Waals surface area (Å²) in [6.07, 6.45) is 1.92. The number of hydrogen-bond donors (Lipinski definition) is 2. The van der Waals surface area contributed by atoms with Crippen molar-refractivity contribution in [1.82, 2.24) is 15.6 Å². The van der Waals surface area contributed by atoms with E-state index in [1.807, 2.05) is 67.6 Å². The van der Waals surface area contributed by atoms with Crippen molar-refractivity contribution in [2.45, 2.75) is 19.4 Å². The van der Waals surface area contributed by atoms with Crippen molar-refractivity contribution in [2.75, 3.05) is 6.54 Å². The van der Waals surface area contributed by atoms with Crippen molar-refractivity contribution in [3.05, 3.63) is 78.1 Å². The number of aromatic nitrogens is 1. The highest BCUT2D eigenvalue weighted by Gasteiger charge is 2.12. The Hall–Kier alpha value is -3.21. The van der Waals surface area contributed by atoms with E-state index in [-0.39, 0.29) is 30.8 Å². The van der Waals surface area contributed by atoms with E-state index in [1.165, 1.54) is 0 Å². The minimum absolute atomic E-state index is 0.0548. The molecule has 3 rings (SSSR count). The Morgan fingerprint density at radius 2 is 1.73 bits per heavy atom. The molecule has 132 valence electrons. The maximum absolute atomic E-state index is 12.2. The molecule has 2 aromatic carbocycles. The zero-order valence-electron chi connectivity index (χ0n) is 14.6. The lowest BCUT2D eigenvalue weighted by atomic mass is 10.0. The van der Waals surface area contributed by atoms with Crippen LogP contribution < -0.4 is 10.6 Å². The molecule has 1 atom stereocenters. The van der Waals surface area contributed by atoms with Crippen LogP contribution in [0.25, 0.3) is 10.8 Å². The first-order valence-electron chi connectivity index (χ1n) is 8.57. The van der Waals surface area contributed by atoms with E-state index >= 15 is 0 Å². The Morgan fingerprint density at radius 1 is 0.962 bits per heavy atom. The van der Waals surface area contributed by atoms with Gasteiger partial charge in [-0.25, -0.2) is 0 Å². The van der Waals surface area contributed by atoms with E-state index < -0.39 is 0 Å². The van der Waals surface area contributed by atoms with Crippen LogP contribution in [0.5, 0.6) is 0 Å². The largest absolute Gasteiger partial charge is 0.347 e. The predicted molar refractivity (Wildman–Crippen MR) is 101 cm³/mol. The Kier molecular flexibility index (Phi) is 5.59. The lowest BCUT2D eigenvalue weighted by Gasteiger charge is -2.13. The Balaban J connectivity index is 1.53. The molecule has 0 radical (unpaired) electrons. The first-order chi connectivity index (χ1) is 12.6. The lowest BCUT2D eigenvalue weighted by molar-refractivity contribution is -0.126. The fraction of sp³-hybridized carbons (Fsp3) is 0.190. The lowest BCUT2D eigenvalue weighted by Crippen LogP contribution is -2.38. The molecule has 5 heteroatoms. The van der Waals surface area contributed by atoms with E-state index in [0.29, 0.717) is 0 Å². The molecule has 1 aromatic heterocycles. The Bertz CT molecular complexity index is 904. The van der Waals surface area contributed by atoms with Gasteiger partial charge >= 0.3 is 0 Å². The summed E-state index contributed by atoms with van der Waals surface area (Å²) in [7, 11) is 0. The summed E-state index contributed by atoms with van der Waals surface area (Å²) in [5.41, 5.74) is 1.73. The molecule has 0 spiro atoms. The SMILES string of the molecule is CC(NC(=O)CNC(=O)Cc1cccc2ccccc12)c1ccccn1. The third-order valence-electron chi connectivity index (χ3n) is 4.19. The highest BCUT2D eigenvalue weighted by atomic mass is 16.2. The molecule has 0 saturated carbocycles. The second-order valence-electron chi connectivity index (χ2n) is 6.14. The maximum atomic E-state index is 12.2. The molecule has 26 heavy (non-hydrogen) atoms. The van der Waals surface area contributed by atoms with Crippen LogP contribution in [0, 0.1) is 0 Å². The van der Waals surface area contributed by atoms with Crippen LogP contribution in [-0.2, 0) is 16.0 Å². The topological polar surface area (TPSA) is 71.1 Å². The molecule has 0 saturated heterocycles. The third kappa shape index (κ3) is 4.45. The fourth-order valence-corrected chi connectivity index (χ4v) is 2.86. The average molecular weight is 347 g/mol. The summed E-state index contributed by atoms with van der Waals surface area (Å²) < 4.78 is 0. The van der Waals surface area contributed by atoms with Gasteiger partial charge in [-0.1, -0.05) is 48.5 Å². The number of hydrogen-bond acceptors (Lipinski definition) is 3. The van der Waals surface area contributed by atoms with Crippen LogP contribution in [0.3, 0.4) is 0 Å². The maximum Gasteiger partial charge on any atom is 0.239 e. The summed E-state index contributed by atoms with van der Waals surface area (Å²) in [5.74, 6) is -0.420. The number of rotatable bonds is 6. The highest BCUT2D eigenvalue weighted by molar-refractivity contribution is 5.91. The molecule has 0 aliphatic carbocycles. The third-order valence-corrected chi connectivity index (χ3v) is 4.19. The zero-order chi connectivity index (χ0) is 18.4. The number of pyridine rings is 1. The molecule has 3 aromatic rings. The van der Waals surface area contributed by atoms with Crippen molar-refractivity contribution in [2.24, 2.45) is 0 Å². The summed E-state index contributed by atoms with van der Waals surface area (Å²) >= 11 is 0. The standard InChI is InChI=1S/C21H21N3O2/c1-15(19-11-4-5-12-22-19)24-21(26)14-23-20(25)13-17-9-6-8-16-7-2-3-10-18(16)17/h2-12,15H,13-14H2,1H3,(H,23,25)(H,24,26). The highest BCUT2D eigenvalue weighted by Crippen LogP contribution is 2.18. The van der Waals surface area contributed by atoms with Crippen molar-refractivity contribution in [3.63, 3.8) is 0 Å². The molecular weight excluding hydrogens is 326 g/mol. The molecule has 5 nitrogen and oxygen atoms in total. The van der Waals surface area contributed by atoms with Gasteiger partial charge < -0.3 is 10.6 Å². The molecule has 0 bridgehead atoms. The van der Waals surface area contributed by atoms with E-state index in [1.54, 1.807) is 6.20 Å². The molecule has 0 aliphatic heterocycles. The van der Waals surface area contributed by atoms with Gasteiger partial charge in [0.15, 0.2) is 0 Å². The van der Waals surface area contributed by atoms with Gasteiger partial charge in [-0.3, -0.25) is 14.6 Å². The molecule has 2 N–H and O–H groups in total. The number of carbonyl (C=O) groups excluding carboxylic acids is 2. The molecule has 1 unspecified atom stereocenters. The smallest absolute Gasteiger partial charge is 0.239 e. The first kappa shape index (κ1) is 17.6. The van der Waals surface area contributed by atoms with Crippen LogP contribution in [0.2, 0.25) is 0 Å². The molecule has 1 heterocycles. The van der Waals surface area contributed by atoms with Crippen molar-refractivity contribution in [3.8, 4) is 0 Å². The van der Waals surface area contributed by atoms with Gasteiger partial charge in [0.1, 0.15) is 0 Å². The average Bonchev–Trinajstić information content (AvgIpc) is 2.67. The fourth-order valence-electron chi connectivity index (χ4n) is 2.86. The number of carbonyl (C=O) groups is 2. The van der Waals surface area contributed by atoms with Crippen molar-refractivity contribution >= 4 is 22.6 Å². The van der Waals surface area contributed by atoms with Gasteiger partial charge in [0.05, 0.1) is 24.7 Å². The van der Waals surface area contributed by atoms with Crippen LogP contribution >= 0.6 is 0 Å². The predicted octanol–water partition coefficient (Wildman–Crippen LogP) is 2.77. The molecular formula is C21H21N3O2. The molecule has 0 aliphatic rings. The summed E-state index contributed by atoms with van der Waals surface area (Å²) in [4.78, 5) is 28.5. The quantitative estimate of drug-likeness (QED) is 0.720. The number of fused-ring (bicyclic) bond motifs is 1. The van der Waals surface area contributed by atoms with E-state index in [0.717, 1.165) is 22.0 Å². The monoisotopic (exact) mass is 347 g/mol. The normalized spacial score (nSPS) is 11.7. The first-order valence-corrected chi connectivity index (χ1v) is 8.57. The van der Waals surface area contributed by atoms with Crippen LogP contribution in [0.15, 0.2) is 66.9 Å². The van der Waals surface area contributed by atoms with Gasteiger partial charge in [-0.05, 0) is 35.4 Å². The Morgan fingerprint density at radius 3 is 2.54 bits per heavy atom. The van der Waals surface area contributed by atoms with E-state index in [4.69, 9.17) is 0 Å². The summed E-state index contributed by atoms with van der Waals surface area (Å²) in [6, 6.07) is 19.2. The second kappa shape index (κ2) is 8.25. The number of nitrogens with one attached hydrogen (secondary N) is 2. The Labute approximate surface area is 152 Å². The van der Waals surface area contributed by atoms with Crippen LogP contribution in [-0.4, -0.2) is 23.3 Å². The van der Waals surface area contributed by atoms with E-state index in [2.05, 4.69) is 15.6 Å². The summed E-state index contributed by atoms with van der Waals surface area (Å²) in [6.45, 7) is 1.80. The van der Waals surface area contributed by atoms with Crippen molar-refractivity contribution in [1.29, 1.82) is 0 Å². The second-order valence-corrected chi connectivity index (χ2v) is 6.14. The van der Waals surface area contributed by atoms with Crippen LogP contribution in [0.1, 0.15) is 24.2 Å². The summed E-state index contributed by atoms with van der Waals surface area (Å²) in [5, 5.41) is 7.66. The number of nitrogens with zero attached hydrogens (tertiary/aromatic N) is 1. The van der Waals surface area contributed by atoms with Gasteiger partial charge in [0.2, 0.25) is 11.8 Å². The zero-order valence-corrected chi connectivity index (χ0v) is 14.6. The van der Waals surface area contributed by atoms with Gasteiger partial charge in [0.25, 0.3) is 0 Å². The van der Waals surface area contributed by atoms with Gasteiger partial charge in [-0.2, -0.15) is 0 Å². The number of amides is 2. The molecule has 2 amide bonds. The van der Waals surface area contributed by atoms with E-state index in [9.17, 15) is 9.59 Å². The van der Waals surface area contributed by atoms with Gasteiger partial charge in [-0.15, -0.1) is 0 Å².